The highest BCUT2D eigenvalue weighted by molar-refractivity contribution is 5.82. The Morgan fingerprint density at radius 1 is 1.82 bits per heavy atom. The number of hydrogen-bond donors (Lipinski definition) is 2. The van der Waals surface area contributed by atoms with E-state index in [-0.39, 0.29) is 5.91 Å². The largest absolute Gasteiger partial charge is 0.382 e. The van der Waals surface area contributed by atoms with E-state index < -0.39 is 6.04 Å². The van der Waals surface area contributed by atoms with Crippen LogP contribution >= 0.6 is 0 Å². The maximum atomic E-state index is 11.1. The third kappa shape index (κ3) is 1.56. The van der Waals surface area contributed by atoms with Crippen LogP contribution in [-0.2, 0) is 0 Å². The topological polar surface area (TPSA) is 86.9 Å². The molecular formula is C6H10N4O. The molecule has 0 saturated heterocycles. The Balaban J connectivity index is 2.85. The van der Waals surface area contributed by atoms with E-state index in [1.807, 2.05) is 0 Å². The maximum Gasteiger partial charge on any atom is 0.263 e. The first-order valence-electron chi connectivity index (χ1n) is 3.22. The zero-order valence-electron chi connectivity index (χ0n) is 6.19. The van der Waals surface area contributed by atoms with E-state index in [0.29, 0.717) is 5.82 Å². The van der Waals surface area contributed by atoms with Gasteiger partial charge >= 0.3 is 0 Å². The fourth-order valence-electron chi connectivity index (χ4n) is 0.669. The van der Waals surface area contributed by atoms with E-state index in [1.165, 1.54) is 6.20 Å². The summed E-state index contributed by atoms with van der Waals surface area (Å²) < 4.78 is 1.14. The van der Waals surface area contributed by atoms with Gasteiger partial charge in [-0.15, -0.1) is 5.10 Å². The molecule has 1 atom stereocenters. The fraction of sp³-hybridized carbons (Fsp3) is 0.333. The molecule has 1 aromatic rings. The number of carbonyl (C=O) groups excluding carboxylic acids is 1. The third-order valence-corrected chi connectivity index (χ3v) is 1.23. The van der Waals surface area contributed by atoms with Crippen LogP contribution in [0.2, 0.25) is 0 Å². The van der Waals surface area contributed by atoms with Gasteiger partial charge in [0.1, 0.15) is 5.82 Å². The number of anilines is 1. The van der Waals surface area contributed by atoms with Crippen molar-refractivity contribution in [1.29, 1.82) is 0 Å². The maximum absolute atomic E-state index is 11.1. The summed E-state index contributed by atoms with van der Waals surface area (Å²) in [5, 5.41) is 3.70. The molecule has 0 aromatic carbocycles. The Kier molecular flexibility index (Phi) is 1.91. The molecule has 0 radical (unpaired) electrons. The highest BCUT2D eigenvalue weighted by atomic mass is 16.2. The molecule has 5 nitrogen and oxygen atoms in total. The molecule has 0 aliphatic heterocycles. The van der Waals surface area contributed by atoms with Crippen molar-refractivity contribution in [1.82, 2.24) is 9.78 Å². The van der Waals surface area contributed by atoms with Gasteiger partial charge in [-0.2, -0.15) is 0 Å². The van der Waals surface area contributed by atoms with Crippen molar-refractivity contribution in [3.63, 3.8) is 0 Å². The van der Waals surface area contributed by atoms with Crippen molar-refractivity contribution < 1.29 is 4.79 Å². The Morgan fingerprint density at radius 2 is 2.45 bits per heavy atom. The average molecular weight is 154 g/mol. The summed E-state index contributed by atoms with van der Waals surface area (Å²) in [6, 6.07) is 0.995. The zero-order chi connectivity index (χ0) is 8.43. The molecule has 1 rings (SSSR count). The van der Waals surface area contributed by atoms with Crippen LogP contribution in [0.4, 0.5) is 5.82 Å². The van der Waals surface area contributed by atoms with Gasteiger partial charge in [-0.25, -0.2) is 4.68 Å². The molecule has 0 aliphatic rings. The highest BCUT2D eigenvalue weighted by Crippen LogP contribution is 1.96. The molecule has 0 unspecified atom stereocenters. The van der Waals surface area contributed by atoms with Gasteiger partial charge in [0.05, 0.1) is 6.04 Å². The number of hydrogen-bond acceptors (Lipinski definition) is 4. The molecule has 4 N–H and O–H groups in total. The summed E-state index contributed by atoms with van der Waals surface area (Å²) in [6.45, 7) is 1.60. The second kappa shape index (κ2) is 2.71. The van der Waals surface area contributed by atoms with Gasteiger partial charge in [0.25, 0.3) is 5.91 Å². The first kappa shape index (κ1) is 7.74. The lowest BCUT2D eigenvalue weighted by Crippen LogP contribution is -2.31. The number of carbonyl (C=O) groups is 1. The summed E-state index contributed by atoms with van der Waals surface area (Å²) in [7, 11) is 0. The van der Waals surface area contributed by atoms with Crippen LogP contribution in [0.1, 0.15) is 11.7 Å². The van der Waals surface area contributed by atoms with Gasteiger partial charge < -0.3 is 11.5 Å². The number of aromatic nitrogens is 2. The van der Waals surface area contributed by atoms with Crippen molar-refractivity contribution in [3.05, 3.63) is 12.3 Å². The Morgan fingerprint density at radius 3 is 2.82 bits per heavy atom. The minimum Gasteiger partial charge on any atom is -0.382 e. The summed E-state index contributed by atoms with van der Waals surface area (Å²) in [5.74, 6) is 0.0562. The van der Waals surface area contributed by atoms with Crippen molar-refractivity contribution in [2.75, 3.05) is 5.73 Å². The van der Waals surface area contributed by atoms with E-state index in [4.69, 9.17) is 11.5 Å². The lowest BCUT2D eigenvalue weighted by atomic mass is 10.3. The number of nitrogen functional groups attached to an aromatic ring is 1. The quantitative estimate of drug-likeness (QED) is 0.568. The molecule has 5 heteroatoms. The molecule has 60 valence electrons. The van der Waals surface area contributed by atoms with E-state index in [2.05, 4.69) is 5.10 Å². The van der Waals surface area contributed by atoms with E-state index in [0.717, 1.165) is 4.68 Å². The minimum atomic E-state index is -0.547. The second-order valence-corrected chi connectivity index (χ2v) is 2.31. The zero-order valence-corrected chi connectivity index (χ0v) is 6.19. The monoisotopic (exact) mass is 154 g/mol. The summed E-state index contributed by atoms with van der Waals surface area (Å²) in [5.41, 5.74) is 10.6. The summed E-state index contributed by atoms with van der Waals surface area (Å²) >= 11 is 0. The van der Waals surface area contributed by atoms with Crippen LogP contribution in [0.3, 0.4) is 0 Å². The Bertz CT molecular complexity index is 265. The Labute approximate surface area is 64.0 Å². The highest BCUT2D eigenvalue weighted by Gasteiger charge is 2.10. The summed E-state index contributed by atoms with van der Waals surface area (Å²) in [4.78, 5) is 11.1. The van der Waals surface area contributed by atoms with Crippen LogP contribution in [0.15, 0.2) is 12.3 Å². The molecule has 1 aromatic heterocycles. The first-order chi connectivity index (χ1) is 5.11. The lowest BCUT2D eigenvalue weighted by molar-refractivity contribution is 0.0871. The van der Waals surface area contributed by atoms with Crippen molar-refractivity contribution in [3.8, 4) is 0 Å². The van der Waals surface area contributed by atoms with Gasteiger partial charge in [-0.1, -0.05) is 0 Å². The number of nitrogens with zero attached hydrogens (tertiary/aromatic N) is 2. The fourth-order valence-corrected chi connectivity index (χ4v) is 0.669. The first-order valence-corrected chi connectivity index (χ1v) is 3.22. The molecule has 1 heterocycles. The smallest absolute Gasteiger partial charge is 0.263 e. The van der Waals surface area contributed by atoms with Gasteiger partial charge in [0, 0.05) is 12.3 Å². The molecule has 0 fully saturated rings. The van der Waals surface area contributed by atoms with Crippen molar-refractivity contribution in [2.45, 2.75) is 13.0 Å². The normalized spacial score (nSPS) is 12.9. The SMILES string of the molecule is C[C@H](N)C(=O)n1ccc(N)n1. The van der Waals surface area contributed by atoms with E-state index in [9.17, 15) is 4.79 Å². The van der Waals surface area contributed by atoms with Gasteiger partial charge in [-0.05, 0) is 6.92 Å². The number of rotatable bonds is 1. The third-order valence-electron chi connectivity index (χ3n) is 1.23. The Hall–Kier alpha value is -1.36. The van der Waals surface area contributed by atoms with Gasteiger partial charge in [0.2, 0.25) is 0 Å². The standard InChI is InChI=1S/C6H10N4O/c1-4(7)6(11)10-3-2-5(8)9-10/h2-4H,7H2,1H3,(H2,8,9)/t4-/m0/s1. The molecule has 0 saturated carbocycles. The van der Waals surface area contributed by atoms with E-state index >= 15 is 0 Å². The van der Waals surface area contributed by atoms with Gasteiger partial charge in [-0.3, -0.25) is 4.79 Å². The van der Waals surface area contributed by atoms with Gasteiger partial charge in [0.15, 0.2) is 0 Å². The van der Waals surface area contributed by atoms with Crippen molar-refractivity contribution in [2.24, 2.45) is 5.73 Å². The second-order valence-electron chi connectivity index (χ2n) is 2.31. The number of nitrogens with two attached hydrogens (primary N) is 2. The van der Waals surface area contributed by atoms with Crippen LogP contribution in [0.5, 0.6) is 0 Å². The summed E-state index contributed by atoms with van der Waals surface area (Å²) in [6.07, 6.45) is 1.49. The predicted octanol–water partition coefficient (Wildman–Crippen LogP) is -0.547. The van der Waals surface area contributed by atoms with Crippen LogP contribution in [0, 0.1) is 0 Å². The molecule has 0 spiro atoms. The predicted molar refractivity (Wildman–Crippen MR) is 40.9 cm³/mol. The van der Waals surface area contributed by atoms with Crippen LogP contribution < -0.4 is 11.5 Å². The molecule has 0 bridgehead atoms. The minimum absolute atomic E-state index is 0.262. The lowest BCUT2D eigenvalue weighted by Gasteiger charge is -2.01. The molecule has 0 amide bonds. The van der Waals surface area contributed by atoms with Crippen LogP contribution in [-0.4, -0.2) is 21.7 Å². The molecule has 0 aliphatic carbocycles. The molecule has 11 heavy (non-hydrogen) atoms. The van der Waals surface area contributed by atoms with Crippen LogP contribution in [0.25, 0.3) is 0 Å². The van der Waals surface area contributed by atoms with E-state index in [1.54, 1.807) is 13.0 Å². The molecular weight excluding hydrogens is 144 g/mol. The van der Waals surface area contributed by atoms with Crippen molar-refractivity contribution >= 4 is 11.7 Å². The average Bonchev–Trinajstić information content (AvgIpc) is 2.34.